The smallest absolute Gasteiger partial charge is 0.177 e. The lowest BCUT2D eigenvalue weighted by Crippen LogP contribution is -2.36. The van der Waals surface area contributed by atoms with Crippen molar-refractivity contribution in [1.29, 1.82) is 0 Å². The molecule has 0 bridgehead atoms. The Kier molecular flexibility index (Phi) is 1.75. The van der Waals surface area contributed by atoms with E-state index in [1.807, 2.05) is 48.6 Å². The van der Waals surface area contributed by atoms with Crippen LogP contribution < -0.4 is 4.74 Å². The van der Waals surface area contributed by atoms with Crippen molar-refractivity contribution in [2.75, 3.05) is 0 Å². The van der Waals surface area contributed by atoms with E-state index in [0.717, 1.165) is 0 Å². The van der Waals surface area contributed by atoms with Crippen LogP contribution >= 0.6 is 0 Å². The van der Waals surface area contributed by atoms with Crippen LogP contribution in [0.15, 0.2) is 48.6 Å². The van der Waals surface area contributed by atoms with Crippen LogP contribution in [0.5, 0.6) is 5.75 Å². The minimum Gasteiger partial charge on any atom is -0.484 e. The summed E-state index contributed by atoms with van der Waals surface area (Å²) in [5.74, 6) is 0.705. The van der Waals surface area contributed by atoms with E-state index >= 15 is 0 Å². The topological polar surface area (TPSA) is 26.3 Å². The second-order valence-corrected chi connectivity index (χ2v) is 3.74. The third kappa shape index (κ3) is 1.22. The molecule has 0 fully saturated rings. The molecule has 2 aliphatic rings. The quantitative estimate of drug-likeness (QED) is 0.639. The Morgan fingerprint density at radius 2 is 1.87 bits per heavy atom. The minimum absolute atomic E-state index is 0.127. The van der Waals surface area contributed by atoms with Gasteiger partial charge in [0.15, 0.2) is 5.78 Å². The molecule has 0 amide bonds. The van der Waals surface area contributed by atoms with Crippen molar-refractivity contribution in [3.63, 3.8) is 0 Å². The van der Waals surface area contributed by atoms with E-state index in [4.69, 9.17) is 4.74 Å². The van der Waals surface area contributed by atoms with Gasteiger partial charge in [0.2, 0.25) is 0 Å². The molecular formula is C13H10O2. The summed E-state index contributed by atoms with van der Waals surface area (Å²) in [6.07, 6.45) is 7.53. The summed E-state index contributed by atoms with van der Waals surface area (Å²) >= 11 is 0. The van der Waals surface area contributed by atoms with E-state index in [-0.39, 0.29) is 17.8 Å². The monoisotopic (exact) mass is 198 g/mol. The number of para-hydroxylation sites is 1. The first-order chi connectivity index (χ1) is 7.36. The van der Waals surface area contributed by atoms with Crippen LogP contribution in [-0.2, 0) is 0 Å². The third-order valence-corrected chi connectivity index (χ3v) is 2.80. The molecule has 0 radical (unpaired) electrons. The molecule has 1 aromatic carbocycles. The summed E-state index contributed by atoms with van der Waals surface area (Å²) in [6, 6.07) is 7.41. The van der Waals surface area contributed by atoms with Gasteiger partial charge < -0.3 is 4.74 Å². The zero-order valence-corrected chi connectivity index (χ0v) is 8.09. The highest BCUT2D eigenvalue weighted by Crippen LogP contribution is 2.32. The van der Waals surface area contributed by atoms with Crippen molar-refractivity contribution in [2.24, 2.45) is 5.92 Å². The highest BCUT2D eigenvalue weighted by Gasteiger charge is 2.34. The summed E-state index contributed by atoms with van der Waals surface area (Å²) in [7, 11) is 0. The maximum atomic E-state index is 12.1. The molecule has 3 rings (SSSR count). The highest BCUT2D eigenvalue weighted by atomic mass is 16.5. The molecule has 2 nitrogen and oxygen atoms in total. The van der Waals surface area contributed by atoms with Crippen LogP contribution in [0.2, 0.25) is 0 Å². The van der Waals surface area contributed by atoms with Crippen molar-refractivity contribution in [2.45, 2.75) is 6.10 Å². The number of allylic oxidation sites excluding steroid dienone is 2. The lowest BCUT2D eigenvalue weighted by Gasteiger charge is -2.30. The zero-order valence-electron chi connectivity index (χ0n) is 8.09. The fourth-order valence-electron chi connectivity index (χ4n) is 2.04. The minimum atomic E-state index is -0.148. The average molecular weight is 198 g/mol. The molecule has 2 atom stereocenters. The number of rotatable bonds is 0. The van der Waals surface area contributed by atoms with Crippen LogP contribution in [0.4, 0.5) is 0 Å². The summed E-state index contributed by atoms with van der Waals surface area (Å²) in [6.45, 7) is 0. The Morgan fingerprint density at radius 1 is 1.07 bits per heavy atom. The molecule has 0 saturated carbocycles. The fraction of sp³-hybridized carbons (Fsp3) is 0.154. The summed E-state index contributed by atoms with van der Waals surface area (Å²) in [5, 5.41) is 0. The van der Waals surface area contributed by atoms with Gasteiger partial charge in [-0.3, -0.25) is 4.79 Å². The Bertz CT molecular complexity index is 471. The Labute approximate surface area is 87.9 Å². The molecule has 0 N–H and O–H groups in total. The van der Waals surface area contributed by atoms with E-state index in [2.05, 4.69) is 0 Å². The molecule has 2 heteroatoms. The molecule has 15 heavy (non-hydrogen) atoms. The number of hydrogen-bond acceptors (Lipinski definition) is 2. The van der Waals surface area contributed by atoms with Crippen molar-refractivity contribution >= 4 is 5.78 Å². The number of Topliss-reactive ketones (excluding diaryl/α,β-unsaturated/α-hetero) is 1. The number of benzene rings is 1. The number of ether oxygens (including phenoxy) is 1. The highest BCUT2D eigenvalue weighted by molar-refractivity contribution is 6.03. The van der Waals surface area contributed by atoms with Crippen molar-refractivity contribution < 1.29 is 9.53 Å². The molecule has 0 spiro atoms. The van der Waals surface area contributed by atoms with E-state index in [0.29, 0.717) is 11.3 Å². The van der Waals surface area contributed by atoms with Gasteiger partial charge in [-0.1, -0.05) is 30.4 Å². The summed E-state index contributed by atoms with van der Waals surface area (Å²) in [5.41, 5.74) is 0.693. The molecular weight excluding hydrogens is 188 g/mol. The Morgan fingerprint density at radius 3 is 2.80 bits per heavy atom. The van der Waals surface area contributed by atoms with Gasteiger partial charge in [-0.25, -0.2) is 0 Å². The number of carbonyl (C=O) groups excluding carboxylic acids is 1. The van der Waals surface area contributed by atoms with Gasteiger partial charge in [0.25, 0.3) is 0 Å². The maximum Gasteiger partial charge on any atom is 0.177 e. The molecule has 0 aromatic heterocycles. The molecule has 1 heterocycles. The van der Waals surface area contributed by atoms with Gasteiger partial charge in [-0.05, 0) is 18.2 Å². The van der Waals surface area contributed by atoms with Crippen molar-refractivity contribution in [3.8, 4) is 5.75 Å². The lowest BCUT2D eigenvalue weighted by molar-refractivity contribution is 0.0807. The first-order valence-corrected chi connectivity index (χ1v) is 5.01. The normalized spacial score (nSPS) is 26.8. The van der Waals surface area contributed by atoms with Crippen LogP contribution in [0.3, 0.4) is 0 Å². The summed E-state index contributed by atoms with van der Waals surface area (Å²) < 4.78 is 5.75. The van der Waals surface area contributed by atoms with Gasteiger partial charge >= 0.3 is 0 Å². The van der Waals surface area contributed by atoms with Crippen molar-refractivity contribution in [3.05, 3.63) is 54.1 Å². The molecule has 74 valence electrons. The third-order valence-electron chi connectivity index (χ3n) is 2.80. The first-order valence-electron chi connectivity index (χ1n) is 5.01. The molecule has 1 aliphatic carbocycles. The largest absolute Gasteiger partial charge is 0.484 e. The van der Waals surface area contributed by atoms with Gasteiger partial charge in [-0.2, -0.15) is 0 Å². The predicted octanol–water partition coefficient (Wildman–Crippen LogP) is 2.37. The number of carbonyl (C=O) groups is 1. The number of hydrogen-bond donors (Lipinski definition) is 0. The summed E-state index contributed by atoms with van der Waals surface area (Å²) in [4.78, 5) is 12.1. The van der Waals surface area contributed by atoms with Crippen LogP contribution in [-0.4, -0.2) is 11.9 Å². The Balaban J connectivity index is 2.11. The molecule has 1 aliphatic heterocycles. The molecule has 2 unspecified atom stereocenters. The zero-order chi connectivity index (χ0) is 10.3. The van der Waals surface area contributed by atoms with Gasteiger partial charge in [0, 0.05) is 0 Å². The van der Waals surface area contributed by atoms with E-state index < -0.39 is 0 Å². The van der Waals surface area contributed by atoms with Crippen LogP contribution in [0.25, 0.3) is 0 Å². The standard InChI is InChI=1S/C13H10O2/c14-13-9-5-1-3-7-11(9)15-12-8-4-2-6-10(12)13/h1-9,11H. The van der Waals surface area contributed by atoms with Gasteiger partial charge in [0.05, 0.1) is 11.5 Å². The predicted molar refractivity (Wildman–Crippen MR) is 57.0 cm³/mol. The SMILES string of the molecule is O=C1c2ccccc2OC2C=CC=CC12. The van der Waals surface area contributed by atoms with E-state index in [1.165, 1.54) is 0 Å². The second kappa shape index (κ2) is 3.09. The first kappa shape index (κ1) is 8.48. The van der Waals surface area contributed by atoms with Crippen molar-refractivity contribution in [1.82, 2.24) is 0 Å². The molecule has 0 saturated heterocycles. The maximum absolute atomic E-state index is 12.1. The van der Waals surface area contributed by atoms with Gasteiger partial charge in [-0.15, -0.1) is 0 Å². The Hall–Kier alpha value is -1.83. The van der Waals surface area contributed by atoms with Crippen LogP contribution in [0, 0.1) is 5.92 Å². The second-order valence-electron chi connectivity index (χ2n) is 3.74. The van der Waals surface area contributed by atoms with Crippen LogP contribution in [0.1, 0.15) is 10.4 Å². The number of fused-ring (bicyclic) bond motifs is 2. The van der Waals surface area contributed by atoms with E-state index in [9.17, 15) is 4.79 Å². The number of ketones is 1. The lowest BCUT2D eigenvalue weighted by atomic mass is 9.87. The van der Waals surface area contributed by atoms with Gasteiger partial charge in [0.1, 0.15) is 11.9 Å². The fourth-order valence-corrected chi connectivity index (χ4v) is 2.04. The average Bonchev–Trinajstić information content (AvgIpc) is 2.30. The van der Waals surface area contributed by atoms with E-state index in [1.54, 1.807) is 0 Å². The molecule has 1 aromatic rings.